The third-order valence-corrected chi connectivity index (χ3v) is 5.36. The summed E-state index contributed by atoms with van der Waals surface area (Å²) in [6, 6.07) is 19.0. The van der Waals surface area contributed by atoms with Crippen LogP contribution in [0.25, 0.3) is 11.4 Å². The number of carbonyl (C=O) groups is 2. The number of amides is 2. The van der Waals surface area contributed by atoms with Crippen LogP contribution in [0, 0.1) is 0 Å². The van der Waals surface area contributed by atoms with Crippen molar-refractivity contribution in [1.82, 2.24) is 15.5 Å². The summed E-state index contributed by atoms with van der Waals surface area (Å²) in [4.78, 5) is 39.8. The van der Waals surface area contributed by atoms with Gasteiger partial charge in [0.2, 0.25) is 5.91 Å². The van der Waals surface area contributed by atoms with Crippen LogP contribution < -0.4 is 16.4 Å². The van der Waals surface area contributed by atoms with Gasteiger partial charge in [0.1, 0.15) is 6.04 Å². The fourth-order valence-electron chi connectivity index (χ4n) is 3.02. The SMILES string of the molecule is O=C(NC(Cc1ccccc1)C(=O)Nc1cccc(-c2noc(=O)[nH]2)c1)c1cccs1. The molecule has 0 aliphatic carbocycles. The lowest BCUT2D eigenvalue weighted by Gasteiger charge is -2.18. The van der Waals surface area contributed by atoms with Crippen LogP contribution in [-0.4, -0.2) is 28.0 Å². The first-order valence-corrected chi connectivity index (χ1v) is 10.3. The molecule has 0 saturated carbocycles. The smallest absolute Gasteiger partial charge is 0.339 e. The third kappa shape index (κ3) is 5.14. The number of nitrogens with one attached hydrogen (secondary N) is 3. The topological polar surface area (TPSA) is 117 Å². The minimum absolute atomic E-state index is 0.257. The first-order chi connectivity index (χ1) is 15.1. The maximum atomic E-state index is 13.1. The lowest BCUT2D eigenvalue weighted by molar-refractivity contribution is -0.118. The van der Waals surface area contributed by atoms with Crippen LogP contribution in [0.15, 0.2) is 81.4 Å². The van der Waals surface area contributed by atoms with Crippen LogP contribution in [0.1, 0.15) is 15.2 Å². The maximum absolute atomic E-state index is 13.1. The predicted octanol–water partition coefficient (Wildman–Crippen LogP) is 3.07. The lowest BCUT2D eigenvalue weighted by Crippen LogP contribution is -2.45. The first kappa shape index (κ1) is 20.3. The summed E-state index contributed by atoms with van der Waals surface area (Å²) in [6.45, 7) is 0. The van der Waals surface area contributed by atoms with Crippen molar-refractivity contribution in [2.75, 3.05) is 5.32 Å². The Morgan fingerprint density at radius 2 is 1.90 bits per heavy atom. The van der Waals surface area contributed by atoms with E-state index in [1.54, 1.807) is 41.8 Å². The Morgan fingerprint density at radius 1 is 1.06 bits per heavy atom. The summed E-state index contributed by atoms with van der Waals surface area (Å²) in [7, 11) is 0. The highest BCUT2D eigenvalue weighted by Gasteiger charge is 2.23. The molecular weight excluding hydrogens is 416 g/mol. The molecule has 31 heavy (non-hydrogen) atoms. The third-order valence-electron chi connectivity index (χ3n) is 4.49. The van der Waals surface area contributed by atoms with E-state index in [1.165, 1.54) is 11.3 Å². The summed E-state index contributed by atoms with van der Waals surface area (Å²) in [5, 5.41) is 11.1. The molecule has 2 amide bonds. The summed E-state index contributed by atoms with van der Waals surface area (Å²) < 4.78 is 4.53. The average Bonchev–Trinajstić information content (AvgIpc) is 3.46. The molecule has 8 nitrogen and oxygen atoms in total. The van der Waals surface area contributed by atoms with Gasteiger partial charge in [-0.2, -0.15) is 0 Å². The molecule has 3 N–H and O–H groups in total. The van der Waals surface area contributed by atoms with Gasteiger partial charge in [0.25, 0.3) is 5.91 Å². The van der Waals surface area contributed by atoms with Crippen molar-refractivity contribution in [3.05, 3.63) is 93.1 Å². The van der Waals surface area contributed by atoms with E-state index in [1.807, 2.05) is 30.3 Å². The van der Waals surface area contributed by atoms with Gasteiger partial charge in [-0.3, -0.25) is 19.1 Å². The first-order valence-electron chi connectivity index (χ1n) is 9.44. The Hall–Kier alpha value is -3.98. The predicted molar refractivity (Wildman–Crippen MR) is 117 cm³/mol. The van der Waals surface area contributed by atoms with Crippen LogP contribution in [0.4, 0.5) is 5.69 Å². The number of hydrogen-bond donors (Lipinski definition) is 3. The number of anilines is 1. The monoisotopic (exact) mass is 434 g/mol. The molecule has 0 aliphatic heterocycles. The van der Waals surface area contributed by atoms with Crippen molar-refractivity contribution >= 4 is 28.8 Å². The van der Waals surface area contributed by atoms with E-state index in [0.29, 0.717) is 22.5 Å². The highest BCUT2D eigenvalue weighted by molar-refractivity contribution is 7.12. The Bertz CT molecular complexity index is 1230. The lowest BCUT2D eigenvalue weighted by atomic mass is 10.0. The molecule has 0 saturated heterocycles. The molecule has 0 aliphatic rings. The Morgan fingerprint density at radius 3 is 2.61 bits per heavy atom. The summed E-state index contributed by atoms with van der Waals surface area (Å²) in [5.41, 5.74) is 1.99. The van der Waals surface area contributed by atoms with E-state index >= 15 is 0 Å². The Balaban J connectivity index is 1.53. The van der Waals surface area contributed by atoms with Gasteiger partial charge in [-0.25, -0.2) is 4.79 Å². The van der Waals surface area contributed by atoms with E-state index in [2.05, 4.69) is 25.3 Å². The van der Waals surface area contributed by atoms with Crippen LogP contribution >= 0.6 is 11.3 Å². The molecule has 4 aromatic rings. The molecule has 2 heterocycles. The van der Waals surface area contributed by atoms with Gasteiger partial charge in [-0.1, -0.05) is 53.7 Å². The number of hydrogen-bond acceptors (Lipinski definition) is 6. The molecule has 0 fully saturated rings. The van der Waals surface area contributed by atoms with Gasteiger partial charge in [0.05, 0.1) is 4.88 Å². The van der Waals surface area contributed by atoms with Gasteiger partial charge >= 0.3 is 5.76 Å². The van der Waals surface area contributed by atoms with Crippen molar-refractivity contribution in [3.8, 4) is 11.4 Å². The molecule has 0 spiro atoms. The molecule has 0 bridgehead atoms. The minimum Gasteiger partial charge on any atom is -0.339 e. The zero-order chi connectivity index (χ0) is 21.6. The summed E-state index contributed by atoms with van der Waals surface area (Å²) in [6.07, 6.45) is 0.333. The number of thiophene rings is 1. The zero-order valence-electron chi connectivity index (χ0n) is 16.2. The highest BCUT2D eigenvalue weighted by atomic mass is 32.1. The fraction of sp³-hybridized carbons (Fsp3) is 0.0909. The largest absolute Gasteiger partial charge is 0.439 e. The highest BCUT2D eigenvalue weighted by Crippen LogP contribution is 2.19. The van der Waals surface area contributed by atoms with E-state index < -0.39 is 11.8 Å². The number of aromatic nitrogens is 2. The van der Waals surface area contributed by atoms with Gasteiger partial charge in [-0.15, -0.1) is 11.3 Å². The van der Waals surface area contributed by atoms with Crippen LogP contribution in [-0.2, 0) is 11.2 Å². The van der Waals surface area contributed by atoms with Crippen molar-refractivity contribution < 1.29 is 14.1 Å². The van der Waals surface area contributed by atoms with Gasteiger partial charge in [-0.05, 0) is 29.1 Å². The van der Waals surface area contributed by atoms with Crippen molar-refractivity contribution in [1.29, 1.82) is 0 Å². The molecule has 9 heteroatoms. The second-order valence-electron chi connectivity index (χ2n) is 6.71. The van der Waals surface area contributed by atoms with E-state index in [9.17, 15) is 14.4 Å². The number of rotatable bonds is 7. The van der Waals surface area contributed by atoms with E-state index in [0.717, 1.165) is 5.56 Å². The number of benzene rings is 2. The fourth-order valence-corrected chi connectivity index (χ4v) is 3.65. The maximum Gasteiger partial charge on any atom is 0.439 e. The molecular formula is C22H18N4O4S. The standard InChI is InChI=1S/C22H18N4O4S/c27-20(23-16-9-4-8-15(13-16)19-25-22(29)30-26-19)17(12-14-6-2-1-3-7-14)24-21(28)18-10-5-11-31-18/h1-11,13,17H,12H2,(H,23,27)(H,24,28)(H,25,26,29). The normalized spacial score (nSPS) is 11.6. The zero-order valence-corrected chi connectivity index (χ0v) is 17.0. The average molecular weight is 434 g/mol. The second-order valence-corrected chi connectivity index (χ2v) is 7.65. The molecule has 1 unspecified atom stereocenters. The van der Waals surface area contributed by atoms with Gasteiger partial charge in [0.15, 0.2) is 5.82 Å². The molecule has 0 radical (unpaired) electrons. The molecule has 1 atom stereocenters. The molecule has 2 aromatic carbocycles. The number of H-pyrrole nitrogens is 1. The molecule has 4 rings (SSSR count). The van der Waals surface area contributed by atoms with E-state index in [4.69, 9.17) is 0 Å². The van der Waals surface area contributed by atoms with Gasteiger partial charge < -0.3 is 10.6 Å². The van der Waals surface area contributed by atoms with Crippen molar-refractivity contribution in [3.63, 3.8) is 0 Å². The van der Waals surface area contributed by atoms with Crippen molar-refractivity contribution in [2.45, 2.75) is 12.5 Å². The summed E-state index contributed by atoms with van der Waals surface area (Å²) in [5.74, 6) is -1.07. The Labute approximate surface area is 180 Å². The van der Waals surface area contributed by atoms with Crippen molar-refractivity contribution in [2.24, 2.45) is 0 Å². The second kappa shape index (κ2) is 9.23. The van der Waals surface area contributed by atoms with E-state index in [-0.39, 0.29) is 17.6 Å². The number of aromatic amines is 1. The molecule has 156 valence electrons. The van der Waals surface area contributed by atoms with Gasteiger partial charge in [0, 0.05) is 17.7 Å². The summed E-state index contributed by atoms with van der Waals surface area (Å²) >= 11 is 1.31. The van der Waals surface area contributed by atoms with Crippen LogP contribution in [0.5, 0.6) is 0 Å². The number of nitrogens with zero attached hydrogens (tertiary/aromatic N) is 1. The molecule has 2 aromatic heterocycles. The van der Waals surface area contributed by atoms with Crippen LogP contribution in [0.3, 0.4) is 0 Å². The minimum atomic E-state index is -0.785. The quantitative estimate of drug-likeness (QED) is 0.413. The Kier molecular flexibility index (Phi) is 6.04. The number of carbonyl (C=O) groups excluding carboxylic acids is 2. The van der Waals surface area contributed by atoms with Crippen LogP contribution in [0.2, 0.25) is 0 Å².